The largest absolute Gasteiger partial charge is 0.461 e. The van der Waals surface area contributed by atoms with Crippen LogP contribution < -0.4 is 0 Å². The van der Waals surface area contributed by atoms with Gasteiger partial charge in [-0.2, -0.15) is 0 Å². The fourth-order valence-electron chi connectivity index (χ4n) is 3.26. The minimum Gasteiger partial charge on any atom is -0.461 e. The standard InChI is InChI=1S/C17H24N4O4S2/c1-4-12(2)21(13-7-9-27(23,24)11-13)15(22)10-26-17-19-18-16(20(17)3)14-6-5-8-25-14/h5-6,8,12-13H,4,7,9-11H2,1-3H3/t12-,13+/m0/s1. The zero-order valence-corrected chi connectivity index (χ0v) is 17.3. The number of amides is 1. The number of thioether (sulfide) groups is 1. The van der Waals surface area contributed by atoms with Crippen molar-refractivity contribution in [2.75, 3.05) is 17.3 Å². The molecular formula is C17H24N4O4S2. The van der Waals surface area contributed by atoms with E-state index in [-0.39, 0.29) is 35.2 Å². The fraction of sp³-hybridized carbons (Fsp3) is 0.588. The van der Waals surface area contributed by atoms with E-state index in [1.54, 1.807) is 27.9 Å². The zero-order chi connectivity index (χ0) is 19.6. The quantitative estimate of drug-likeness (QED) is 0.641. The highest BCUT2D eigenvalue weighted by molar-refractivity contribution is 7.99. The van der Waals surface area contributed by atoms with E-state index >= 15 is 0 Å². The molecular weight excluding hydrogens is 388 g/mol. The van der Waals surface area contributed by atoms with Gasteiger partial charge in [0, 0.05) is 19.1 Å². The summed E-state index contributed by atoms with van der Waals surface area (Å²) in [6, 6.07) is 3.33. The first-order valence-corrected chi connectivity index (χ1v) is 11.7. The molecule has 3 heterocycles. The van der Waals surface area contributed by atoms with Crippen molar-refractivity contribution in [2.24, 2.45) is 7.05 Å². The Balaban J connectivity index is 1.70. The van der Waals surface area contributed by atoms with E-state index in [4.69, 9.17) is 4.42 Å². The molecule has 0 aliphatic carbocycles. The van der Waals surface area contributed by atoms with Crippen molar-refractivity contribution >= 4 is 27.5 Å². The summed E-state index contributed by atoms with van der Waals surface area (Å²) in [5, 5.41) is 8.87. The summed E-state index contributed by atoms with van der Waals surface area (Å²) < 4.78 is 30.8. The van der Waals surface area contributed by atoms with Crippen molar-refractivity contribution < 1.29 is 17.6 Å². The topological polar surface area (TPSA) is 98.3 Å². The predicted octanol–water partition coefficient (Wildman–Crippen LogP) is 1.98. The maximum atomic E-state index is 12.9. The number of sulfone groups is 1. The lowest BCUT2D eigenvalue weighted by atomic mass is 10.1. The number of hydrogen-bond donors (Lipinski definition) is 0. The van der Waals surface area contributed by atoms with Crippen molar-refractivity contribution in [1.82, 2.24) is 19.7 Å². The smallest absolute Gasteiger partial charge is 0.233 e. The first-order valence-electron chi connectivity index (χ1n) is 8.90. The molecule has 2 atom stereocenters. The molecule has 27 heavy (non-hydrogen) atoms. The third kappa shape index (κ3) is 4.37. The predicted molar refractivity (Wildman–Crippen MR) is 103 cm³/mol. The third-order valence-corrected chi connectivity index (χ3v) is 7.61. The van der Waals surface area contributed by atoms with E-state index < -0.39 is 9.84 Å². The van der Waals surface area contributed by atoms with Crippen LogP contribution in [0.1, 0.15) is 26.7 Å². The van der Waals surface area contributed by atoms with Crippen molar-refractivity contribution in [3.63, 3.8) is 0 Å². The highest BCUT2D eigenvalue weighted by Crippen LogP contribution is 2.26. The maximum absolute atomic E-state index is 12.9. The average Bonchev–Trinajstić information content (AvgIpc) is 3.34. The lowest BCUT2D eigenvalue weighted by molar-refractivity contribution is -0.132. The summed E-state index contributed by atoms with van der Waals surface area (Å²) in [6.45, 7) is 3.96. The second-order valence-electron chi connectivity index (χ2n) is 6.75. The molecule has 3 rings (SSSR count). The molecule has 0 aromatic carbocycles. The summed E-state index contributed by atoms with van der Waals surface area (Å²) in [6.07, 6.45) is 2.86. The van der Waals surface area contributed by atoms with Crippen LogP contribution in [0.4, 0.5) is 0 Å². The lowest BCUT2D eigenvalue weighted by Crippen LogP contribution is -2.47. The zero-order valence-electron chi connectivity index (χ0n) is 15.7. The van der Waals surface area contributed by atoms with Gasteiger partial charge >= 0.3 is 0 Å². The van der Waals surface area contributed by atoms with Crippen LogP contribution in [-0.4, -0.2) is 63.3 Å². The Bertz CT molecular complexity index is 892. The van der Waals surface area contributed by atoms with Crippen LogP contribution >= 0.6 is 11.8 Å². The van der Waals surface area contributed by atoms with Gasteiger partial charge in [0.25, 0.3) is 0 Å². The molecule has 0 N–H and O–H groups in total. The summed E-state index contributed by atoms with van der Waals surface area (Å²) in [7, 11) is -1.23. The number of hydrogen-bond acceptors (Lipinski definition) is 7. The van der Waals surface area contributed by atoms with E-state index in [0.717, 1.165) is 6.42 Å². The van der Waals surface area contributed by atoms with Gasteiger partial charge in [0.05, 0.1) is 23.5 Å². The van der Waals surface area contributed by atoms with E-state index in [1.165, 1.54) is 11.8 Å². The monoisotopic (exact) mass is 412 g/mol. The summed E-state index contributed by atoms with van der Waals surface area (Å²) in [5.41, 5.74) is 0. The molecule has 0 unspecified atom stereocenters. The van der Waals surface area contributed by atoms with Gasteiger partial charge in [-0.05, 0) is 31.9 Å². The molecule has 0 bridgehead atoms. The van der Waals surface area contributed by atoms with Gasteiger partial charge in [-0.15, -0.1) is 10.2 Å². The van der Waals surface area contributed by atoms with Crippen molar-refractivity contribution in [2.45, 2.75) is 43.9 Å². The van der Waals surface area contributed by atoms with Crippen LogP contribution in [0.15, 0.2) is 28.0 Å². The summed E-state index contributed by atoms with van der Waals surface area (Å²) >= 11 is 1.30. The van der Waals surface area contributed by atoms with Crippen LogP contribution in [0.2, 0.25) is 0 Å². The van der Waals surface area contributed by atoms with Gasteiger partial charge in [-0.1, -0.05) is 18.7 Å². The van der Waals surface area contributed by atoms with Crippen LogP contribution in [0.5, 0.6) is 0 Å². The minimum absolute atomic E-state index is 0.00502. The van der Waals surface area contributed by atoms with Gasteiger partial charge in [0.1, 0.15) is 0 Å². The molecule has 1 fully saturated rings. The maximum Gasteiger partial charge on any atom is 0.233 e. The number of furan rings is 1. The third-order valence-electron chi connectivity index (χ3n) is 4.86. The molecule has 0 radical (unpaired) electrons. The van der Waals surface area contributed by atoms with Crippen LogP contribution in [-0.2, 0) is 21.7 Å². The number of nitrogens with zero attached hydrogens (tertiary/aromatic N) is 4. The van der Waals surface area contributed by atoms with E-state index in [1.807, 2.05) is 20.9 Å². The highest BCUT2D eigenvalue weighted by Gasteiger charge is 2.36. The molecule has 1 saturated heterocycles. The molecule has 10 heteroatoms. The van der Waals surface area contributed by atoms with E-state index in [2.05, 4.69) is 10.2 Å². The van der Waals surface area contributed by atoms with Gasteiger partial charge in [-0.3, -0.25) is 4.79 Å². The first-order chi connectivity index (χ1) is 12.8. The van der Waals surface area contributed by atoms with Crippen LogP contribution in [0.3, 0.4) is 0 Å². The van der Waals surface area contributed by atoms with E-state index in [9.17, 15) is 13.2 Å². The molecule has 2 aromatic heterocycles. The molecule has 0 saturated carbocycles. The van der Waals surface area contributed by atoms with Crippen molar-refractivity contribution in [3.8, 4) is 11.6 Å². The average molecular weight is 413 g/mol. The SMILES string of the molecule is CC[C@H](C)N(C(=O)CSc1nnc(-c2ccco2)n1C)[C@@H]1CCS(=O)(=O)C1. The number of carbonyl (C=O) groups is 1. The number of aromatic nitrogens is 3. The molecule has 1 amide bonds. The fourth-order valence-corrected chi connectivity index (χ4v) is 5.75. The number of rotatable bonds is 7. The molecule has 8 nitrogen and oxygen atoms in total. The minimum atomic E-state index is -3.05. The Morgan fingerprint density at radius 1 is 1.48 bits per heavy atom. The Morgan fingerprint density at radius 3 is 2.85 bits per heavy atom. The Labute approximate surface area is 163 Å². The van der Waals surface area contributed by atoms with Crippen LogP contribution in [0.25, 0.3) is 11.6 Å². The van der Waals surface area contributed by atoms with Gasteiger partial charge in [0.2, 0.25) is 5.91 Å². The second kappa shape index (κ2) is 8.05. The summed E-state index contributed by atoms with van der Waals surface area (Å²) in [4.78, 5) is 14.6. The van der Waals surface area contributed by atoms with E-state index in [0.29, 0.717) is 23.2 Å². The molecule has 1 aliphatic rings. The Kier molecular flexibility index (Phi) is 5.95. The lowest BCUT2D eigenvalue weighted by Gasteiger charge is -2.33. The first kappa shape index (κ1) is 19.9. The second-order valence-corrected chi connectivity index (χ2v) is 9.92. The molecule has 2 aromatic rings. The molecule has 1 aliphatic heterocycles. The van der Waals surface area contributed by atoms with Gasteiger partial charge in [-0.25, -0.2) is 8.42 Å². The normalized spacial score (nSPS) is 19.9. The van der Waals surface area contributed by atoms with Crippen molar-refractivity contribution in [3.05, 3.63) is 18.4 Å². The Hall–Kier alpha value is -1.81. The van der Waals surface area contributed by atoms with Gasteiger partial charge in [0.15, 0.2) is 26.6 Å². The van der Waals surface area contributed by atoms with Crippen molar-refractivity contribution in [1.29, 1.82) is 0 Å². The van der Waals surface area contributed by atoms with Crippen LogP contribution in [0, 0.1) is 0 Å². The Morgan fingerprint density at radius 2 is 2.26 bits per heavy atom. The number of carbonyl (C=O) groups excluding carboxylic acids is 1. The molecule has 0 spiro atoms. The van der Waals surface area contributed by atoms with Gasteiger partial charge < -0.3 is 13.9 Å². The molecule has 148 valence electrons. The summed E-state index contributed by atoms with van der Waals surface area (Å²) in [5.74, 6) is 1.53. The highest BCUT2D eigenvalue weighted by atomic mass is 32.2.